The molecular weight excluding hydrogens is 1330 g/mol. The zero-order chi connectivity index (χ0) is 74.7. The highest BCUT2D eigenvalue weighted by molar-refractivity contribution is 7.88. The van der Waals surface area contributed by atoms with Gasteiger partial charge >= 0.3 is 27.8 Å². The highest BCUT2D eigenvalue weighted by atomic mass is 32.2. The molecule has 19 nitrogen and oxygen atoms in total. The average molecular weight is 1410 g/mol. The summed E-state index contributed by atoms with van der Waals surface area (Å²) in [5.41, 5.74) is 14.1. The van der Waals surface area contributed by atoms with E-state index in [1.807, 2.05) is 73.6 Å². The first-order valence-electron chi connectivity index (χ1n) is 31.5. The minimum absolute atomic E-state index is 0.0175. The number of carbonyl (C=O) groups excluding carboxylic acids is 1. The summed E-state index contributed by atoms with van der Waals surface area (Å²) in [4.78, 5) is 53.0. The quantitative estimate of drug-likeness (QED) is 0.0224. The second-order valence-electron chi connectivity index (χ2n) is 24.6. The van der Waals surface area contributed by atoms with E-state index in [0.717, 1.165) is 91.7 Å². The first-order valence-corrected chi connectivity index (χ1v) is 32.9. The first-order chi connectivity index (χ1) is 46.4. The van der Waals surface area contributed by atoms with Crippen LogP contribution in [0.2, 0.25) is 0 Å². The number of alkyl halides is 6. The molecular formula is C70H79BF9N13O6S. The molecule has 100 heavy (non-hydrogen) atoms. The summed E-state index contributed by atoms with van der Waals surface area (Å²) in [5.74, 6) is 0.260. The van der Waals surface area contributed by atoms with Crippen LogP contribution >= 0.6 is 0 Å². The number of fused-ring (bicyclic) bond motifs is 3. The van der Waals surface area contributed by atoms with Crippen molar-refractivity contribution in [2.75, 3.05) is 29.9 Å². The van der Waals surface area contributed by atoms with Gasteiger partial charge in [0.2, 0.25) is 0 Å². The number of amides is 2. The number of rotatable bonds is 9. The number of carbonyl (C=O) groups is 1. The number of anilines is 3. The molecule has 9 aromatic rings. The summed E-state index contributed by atoms with van der Waals surface area (Å²) in [6.07, 6.45) is 7.64. The van der Waals surface area contributed by atoms with Crippen LogP contribution in [0.3, 0.4) is 0 Å². The van der Waals surface area contributed by atoms with E-state index >= 15 is 0 Å². The van der Waals surface area contributed by atoms with Crippen LogP contribution in [0.15, 0.2) is 96.5 Å². The molecule has 0 saturated carbocycles. The van der Waals surface area contributed by atoms with Gasteiger partial charge in [-0.3, -0.25) is 0 Å². The van der Waals surface area contributed by atoms with E-state index in [-0.39, 0.29) is 51.8 Å². The standard InChI is InChI=1S/C23H24FN5O.C17H17FN4.C11H10F3N3O3S.C7H7BFN.C6H7F3.C6H14O2/c1-5-21-25-11-16-9-18(15(4)26-22(16)28-21)17-10-20(19(24)8-14(17)3)27-23(30)29-7-6-13(2)12-29;1-4-16-20-8-11-6-13(10(3)21-17(11)22-16)12-7-15(19)14(18)5-9(12)2;1-3-9-15-5-7-4-8(6(2)16-10(7)17-9)20-21(18,19)11(12,13)14;1-4-2-6(9)7(10)3-5(4)8;7-6(8,9)5-3-1-2-4-5;1-5(2,7)6(3,4)8/h6,8-11H,5,7,12H2,1-4H3,(H,27,30);5-8H,4,19H2,1-3H3;4-5H,3H2,1-2H3;2-3H,10H2,1H3;3H,1-2,4H2;7-8H,1-4H3. The highest BCUT2D eigenvalue weighted by Crippen LogP contribution is 2.36. The molecule has 0 saturated heterocycles. The summed E-state index contributed by atoms with van der Waals surface area (Å²) in [5, 5.41) is 22.9. The number of hydrogen-bond acceptors (Lipinski definition) is 17. The minimum Gasteiger partial charge on any atom is -0.396 e. The number of nitrogens with one attached hydrogen (secondary N) is 1. The van der Waals surface area contributed by atoms with Crippen molar-refractivity contribution in [2.24, 2.45) is 0 Å². The van der Waals surface area contributed by atoms with Gasteiger partial charge in [0.15, 0.2) is 22.7 Å². The van der Waals surface area contributed by atoms with Gasteiger partial charge in [0.05, 0.1) is 34.0 Å². The topological polar surface area (TPSA) is 284 Å². The Morgan fingerprint density at radius 1 is 0.590 bits per heavy atom. The van der Waals surface area contributed by atoms with Crippen molar-refractivity contribution in [3.8, 4) is 28.0 Å². The second-order valence-corrected chi connectivity index (χ2v) is 26.2. The maximum absolute atomic E-state index is 14.6. The van der Waals surface area contributed by atoms with E-state index in [1.165, 1.54) is 43.5 Å². The van der Waals surface area contributed by atoms with E-state index in [0.29, 0.717) is 60.5 Å². The molecule has 30 heteroatoms. The third-order valence-electron chi connectivity index (χ3n) is 16.0. The Morgan fingerprint density at radius 2 is 1.02 bits per heavy atom. The van der Waals surface area contributed by atoms with Crippen LogP contribution in [0.1, 0.15) is 126 Å². The van der Waals surface area contributed by atoms with Gasteiger partial charge in [-0.15, -0.1) is 0 Å². The van der Waals surface area contributed by atoms with Gasteiger partial charge in [-0.2, -0.15) is 34.8 Å². The monoisotopic (exact) mass is 1410 g/mol. The van der Waals surface area contributed by atoms with Crippen LogP contribution in [0.4, 0.5) is 61.4 Å². The zero-order valence-electron chi connectivity index (χ0n) is 57.8. The fraction of sp³-hybridized carbons (Fsp3) is 0.371. The molecule has 1 aliphatic carbocycles. The zero-order valence-corrected chi connectivity index (χ0v) is 58.6. The fourth-order valence-electron chi connectivity index (χ4n) is 9.27. The maximum atomic E-state index is 14.6. The van der Waals surface area contributed by atoms with Crippen LogP contribution in [-0.4, -0.2) is 118 Å². The van der Waals surface area contributed by atoms with Gasteiger partial charge in [0, 0.05) is 95.2 Å². The summed E-state index contributed by atoms with van der Waals surface area (Å²) in [7, 11) is -0.293. The number of aryl methyl sites for hydroxylation is 9. The number of hydrogen-bond donors (Lipinski definition) is 5. The first kappa shape index (κ1) is 79.6. The lowest BCUT2D eigenvalue weighted by Crippen LogP contribution is -2.44. The number of nitrogens with two attached hydrogens (primary N) is 2. The van der Waals surface area contributed by atoms with Crippen LogP contribution in [0, 0.1) is 59.0 Å². The normalized spacial score (nSPS) is 13.1. The third kappa shape index (κ3) is 20.8. The van der Waals surface area contributed by atoms with Crippen molar-refractivity contribution < 1.29 is 67.1 Å². The number of allylic oxidation sites excluding steroid dienone is 2. The largest absolute Gasteiger partial charge is 0.534 e. The molecule has 7 N–H and O–H groups in total. The van der Waals surface area contributed by atoms with E-state index in [9.17, 15) is 52.7 Å². The molecule has 0 fully saturated rings. The molecule has 0 atom stereocenters. The maximum Gasteiger partial charge on any atom is 0.534 e. The molecule has 1 aliphatic heterocycles. The number of urea groups is 1. The average Bonchev–Trinajstić information content (AvgIpc) is 0.927. The second kappa shape index (κ2) is 32.7. The van der Waals surface area contributed by atoms with Gasteiger partial charge in [0.1, 0.15) is 42.8 Å². The van der Waals surface area contributed by atoms with E-state index in [1.54, 1.807) is 64.0 Å². The molecule has 3 aromatic carbocycles. The minimum atomic E-state index is -5.74. The van der Waals surface area contributed by atoms with E-state index in [4.69, 9.17) is 29.5 Å². The Balaban J connectivity index is 0.000000202. The fourth-order valence-corrected chi connectivity index (χ4v) is 9.77. The smallest absolute Gasteiger partial charge is 0.396 e. The number of aliphatic hydroxyl groups is 2. The third-order valence-corrected chi connectivity index (χ3v) is 16.9. The number of halogens is 9. The molecule has 6 aromatic heterocycles. The summed E-state index contributed by atoms with van der Waals surface area (Å²) >= 11 is 0. The van der Waals surface area contributed by atoms with Crippen molar-refractivity contribution in [3.05, 3.63) is 165 Å². The molecule has 2 aliphatic rings. The summed E-state index contributed by atoms with van der Waals surface area (Å²) in [6, 6.07) is 13.7. The van der Waals surface area contributed by atoms with E-state index < -0.39 is 56.2 Å². The molecule has 0 bridgehead atoms. The van der Waals surface area contributed by atoms with Gasteiger partial charge in [0.25, 0.3) is 0 Å². The van der Waals surface area contributed by atoms with Gasteiger partial charge in [-0.1, -0.05) is 49.5 Å². The Hall–Kier alpha value is -9.42. The Labute approximate surface area is 575 Å². The van der Waals surface area contributed by atoms with Crippen molar-refractivity contribution in [1.82, 2.24) is 49.8 Å². The Morgan fingerprint density at radius 3 is 1.41 bits per heavy atom. The molecule has 0 unspecified atom stereocenters. The lowest BCUT2D eigenvalue weighted by molar-refractivity contribution is -0.107. The van der Waals surface area contributed by atoms with Crippen LogP contribution in [0.25, 0.3) is 55.4 Å². The van der Waals surface area contributed by atoms with Crippen LogP contribution in [-0.2, 0) is 29.4 Å². The predicted molar refractivity (Wildman–Crippen MR) is 370 cm³/mol. The highest BCUT2D eigenvalue weighted by Gasteiger charge is 2.49. The SMILES string of the molecule is CC(C)(O)C(C)(C)O.CCc1ncc2cc(-c3cc(N)c(F)cc3C)c(C)nc2n1.CCc1ncc2cc(-c3cc(NC(=O)N4CC=C(C)C4)c(F)cc3C)c(C)nc2n1.CCc1ncc2cc(OS(=O)(=O)C(F)(F)F)c(C)nc2n1.FC(F)(F)C1=CCCC1.[B]c1cc(N)c(F)cc1C. The summed E-state index contributed by atoms with van der Waals surface area (Å²) in [6.45, 7) is 25.8. The van der Waals surface area contributed by atoms with Crippen LogP contribution < -0.4 is 26.4 Å². The number of pyridine rings is 3. The van der Waals surface area contributed by atoms with Crippen molar-refractivity contribution in [3.63, 3.8) is 0 Å². The molecule has 11 rings (SSSR count). The van der Waals surface area contributed by atoms with Gasteiger partial charge in [-0.25, -0.2) is 62.8 Å². The number of nitrogen functional groups attached to an aromatic ring is 2. The molecule has 2 amide bonds. The lowest BCUT2D eigenvalue weighted by Gasteiger charge is -2.31. The summed E-state index contributed by atoms with van der Waals surface area (Å²) < 4.78 is 139. The van der Waals surface area contributed by atoms with Gasteiger partial charge < -0.3 is 36.1 Å². The predicted octanol–water partition coefficient (Wildman–Crippen LogP) is 14.2. The molecule has 2 radical (unpaired) electrons. The molecule has 532 valence electrons. The lowest BCUT2D eigenvalue weighted by atomic mass is 9.90. The van der Waals surface area contributed by atoms with E-state index in [2.05, 4.69) is 54.4 Å². The number of aromatic nitrogens is 9. The Kier molecular flexibility index (Phi) is 26.0. The molecule has 0 spiro atoms. The Bertz CT molecular complexity index is 4600. The van der Waals surface area contributed by atoms with Crippen molar-refractivity contribution in [1.29, 1.82) is 0 Å². The van der Waals surface area contributed by atoms with Crippen molar-refractivity contribution >= 4 is 79.6 Å². The molecule has 7 heterocycles. The van der Waals surface area contributed by atoms with Gasteiger partial charge in [-0.05, 0) is 172 Å². The number of benzene rings is 3. The van der Waals surface area contributed by atoms with Crippen LogP contribution in [0.5, 0.6) is 5.75 Å². The van der Waals surface area contributed by atoms with Crippen molar-refractivity contribution in [2.45, 2.75) is 158 Å². The number of nitrogens with zero attached hydrogens (tertiary/aromatic N) is 10.